The lowest BCUT2D eigenvalue weighted by Gasteiger charge is -2.11. The van der Waals surface area contributed by atoms with Crippen molar-refractivity contribution in [3.8, 4) is 5.75 Å². The van der Waals surface area contributed by atoms with Gasteiger partial charge < -0.3 is 10.1 Å². The minimum Gasteiger partial charge on any atom is -0.494 e. The average molecular weight is 496 g/mol. The Bertz CT molecular complexity index is 1480. The summed E-state index contributed by atoms with van der Waals surface area (Å²) in [6.07, 6.45) is 5.77. The number of rotatable bonds is 8. The minimum absolute atomic E-state index is 0.112. The summed E-state index contributed by atoms with van der Waals surface area (Å²) in [7, 11) is 1.40. The molecule has 3 heterocycles. The standard InChI is InChI=1S/C24H20ClF2N7O/c1-35-21-7-6-20(25)18(22(21)27)9-28-23-19-13-34(32-24(19)30-14-29-23)11-16-4-2-15(3-5-16)10-33-12-17(26)8-31-33/h2-8,12-14H,9-11H2,1H3,(H,28,29,30,32). The van der Waals surface area contributed by atoms with Gasteiger partial charge in [-0.15, -0.1) is 0 Å². The van der Waals surface area contributed by atoms with Gasteiger partial charge in [0.15, 0.2) is 23.0 Å². The molecule has 0 aliphatic rings. The van der Waals surface area contributed by atoms with Gasteiger partial charge in [0.25, 0.3) is 0 Å². The van der Waals surface area contributed by atoms with Crippen LogP contribution in [0.1, 0.15) is 16.7 Å². The van der Waals surface area contributed by atoms with E-state index in [0.29, 0.717) is 29.9 Å². The molecule has 0 atom stereocenters. The van der Waals surface area contributed by atoms with Crippen LogP contribution < -0.4 is 10.1 Å². The fourth-order valence-corrected chi connectivity index (χ4v) is 3.94. The van der Waals surface area contributed by atoms with E-state index in [-0.39, 0.29) is 28.7 Å². The van der Waals surface area contributed by atoms with Crippen molar-refractivity contribution >= 4 is 28.5 Å². The van der Waals surface area contributed by atoms with E-state index in [1.54, 1.807) is 15.4 Å². The Morgan fingerprint density at radius 2 is 1.71 bits per heavy atom. The Kier molecular flexibility index (Phi) is 6.28. The number of benzene rings is 2. The number of ether oxygens (including phenoxy) is 1. The topological polar surface area (TPSA) is 82.7 Å². The summed E-state index contributed by atoms with van der Waals surface area (Å²) in [5.41, 5.74) is 2.82. The van der Waals surface area contributed by atoms with Crippen LogP contribution >= 0.6 is 11.6 Å². The number of nitrogens with zero attached hydrogens (tertiary/aromatic N) is 6. The third-order valence-corrected chi connectivity index (χ3v) is 5.84. The molecule has 1 N–H and O–H groups in total. The van der Waals surface area contributed by atoms with Gasteiger partial charge in [0, 0.05) is 23.3 Å². The van der Waals surface area contributed by atoms with Gasteiger partial charge in [-0.2, -0.15) is 10.2 Å². The Labute approximate surface area is 204 Å². The largest absolute Gasteiger partial charge is 0.494 e. The number of hydrogen-bond acceptors (Lipinski definition) is 6. The van der Waals surface area contributed by atoms with E-state index in [0.717, 1.165) is 11.1 Å². The maximum Gasteiger partial charge on any atom is 0.186 e. The van der Waals surface area contributed by atoms with Crippen molar-refractivity contribution in [3.05, 3.63) is 94.7 Å². The van der Waals surface area contributed by atoms with Gasteiger partial charge in [-0.05, 0) is 23.3 Å². The molecule has 0 saturated carbocycles. The molecule has 0 spiro atoms. The quantitative estimate of drug-likeness (QED) is 0.337. The third kappa shape index (κ3) is 4.92. The molecule has 178 valence electrons. The van der Waals surface area contributed by atoms with Gasteiger partial charge in [0.1, 0.15) is 12.1 Å². The van der Waals surface area contributed by atoms with E-state index in [2.05, 4.69) is 25.5 Å². The normalized spacial score (nSPS) is 11.2. The highest BCUT2D eigenvalue weighted by molar-refractivity contribution is 6.31. The van der Waals surface area contributed by atoms with Crippen LogP contribution in [0.3, 0.4) is 0 Å². The van der Waals surface area contributed by atoms with Crippen molar-refractivity contribution < 1.29 is 13.5 Å². The number of aromatic nitrogens is 6. The lowest BCUT2D eigenvalue weighted by Crippen LogP contribution is -2.06. The van der Waals surface area contributed by atoms with Crippen molar-refractivity contribution in [2.45, 2.75) is 19.6 Å². The maximum absolute atomic E-state index is 14.6. The Hall–Kier alpha value is -4.05. The van der Waals surface area contributed by atoms with Crippen molar-refractivity contribution in [1.29, 1.82) is 0 Å². The number of halogens is 3. The van der Waals surface area contributed by atoms with Crippen LogP contribution in [-0.2, 0) is 19.6 Å². The lowest BCUT2D eigenvalue weighted by atomic mass is 10.1. The number of nitrogens with one attached hydrogen (secondary N) is 1. The highest BCUT2D eigenvalue weighted by Crippen LogP contribution is 2.28. The molecular formula is C24H20ClF2N7O. The second-order valence-electron chi connectivity index (χ2n) is 7.85. The summed E-state index contributed by atoms with van der Waals surface area (Å²) in [6.45, 7) is 1.11. The molecule has 5 aromatic rings. The highest BCUT2D eigenvalue weighted by Gasteiger charge is 2.15. The first-order valence-electron chi connectivity index (χ1n) is 10.7. The lowest BCUT2D eigenvalue weighted by molar-refractivity contribution is 0.384. The van der Waals surface area contributed by atoms with Crippen LogP contribution in [-0.4, -0.2) is 36.6 Å². The van der Waals surface area contributed by atoms with E-state index in [9.17, 15) is 8.78 Å². The zero-order chi connectivity index (χ0) is 24.4. The third-order valence-electron chi connectivity index (χ3n) is 5.48. The smallest absolute Gasteiger partial charge is 0.186 e. The number of fused-ring (bicyclic) bond motifs is 1. The fraction of sp³-hybridized carbons (Fsp3) is 0.167. The van der Waals surface area contributed by atoms with Gasteiger partial charge in [0.05, 0.1) is 38.0 Å². The summed E-state index contributed by atoms with van der Waals surface area (Å²) < 4.78 is 36.1. The summed E-state index contributed by atoms with van der Waals surface area (Å²) >= 11 is 6.19. The van der Waals surface area contributed by atoms with Gasteiger partial charge in [-0.25, -0.2) is 18.7 Å². The van der Waals surface area contributed by atoms with Crippen molar-refractivity contribution in [3.63, 3.8) is 0 Å². The molecule has 0 radical (unpaired) electrons. The zero-order valence-corrected chi connectivity index (χ0v) is 19.4. The maximum atomic E-state index is 14.6. The molecule has 11 heteroatoms. The first-order chi connectivity index (χ1) is 17.0. The van der Waals surface area contributed by atoms with Crippen LogP contribution in [0.25, 0.3) is 11.0 Å². The van der Waals surface area contributed by atoms with E-state index in [1.165, 1.54) is 31.9 Å². The Morgan fingerprint density at radius 1 is 0.971 bits per heavy atom. The molecule has 0 saturated heterocycles. The fourth-order valence-electron chi connectivity index (χ4n) is 3.72. The highest BCUT2D eigenvalue weighted by atomic mass is 35.5. The molecular weight excluding hydrogens is 476 g/mol. The molecule has 2 aromatic carbocycles. The van der Waals surface area contributed by atoms with Crippen molar-refractivity contribution in [1.82, 2.24) is 29.5 Å². The molecule has 0 aliphatic heterocycles. The summed E-state index contributed by atoms with van der Waals surface area (Å²) in [4.78, 5) is 8.53. The predicted molar refractivity (Wildman–Crippen MR) is 127 cm³/mol. The molecule has 35 heavy (non-hydrogen) atoms. The Balaban J connectivity index is 1.31. The SMILES string of the molecule is COc1ccc(Cl)c(CNc2ncnc3nn(Cc4ccc(Cn5cc(F)cn5)cc4)cc23)c1F. The van der Waals surface area contributed by atoms with Gasteiger partial charge in [0.2, 0.25) is 0 Å². The first kappa shape index (κ1) is 22.7. The monoisotopic (exact) mass is 495 g/mol. The zero-order valence-electron chi connectivity index (χ0n) is 18.6. The molecule has 5 rings (SSSR count). The van der Waals surface area contributed by atoms with E-state index < -0.39 is 5.82 Å². The van der Waals surface area contributed by atoms with Crippen LogP contribution in [0.2, 0.25) is 5.02 Å². The predicted octanol–water partition coefficient (Wildman–Crippen LogP) is 4.67. The molecule has 0 fully saturated rings. The second-order valence-corrected chi connectivity index (χ2v) is 8.26. The number of anilines is 1. The molecule has 3 aromatic heterocycles. The van der Waals surface area contributed by atoms with Crippen LogP contribution in [0.4, 0.5) is 14.6 Å². The van der Waals surface area contributed by atoms with Crippen LogP contribution in [0, 0.1) is 11.6 Å². The van der Waals surface area contributed by atoms with Crippen molar-refractivity contribution in [2.75, 3.05) is 12.4 Å². The number of hydrogen-bond donors (Lipinski definition) is 1. The minimum atomic E-state index is -0.519. The van der Waals surface area contributed by atoms with E-state index in [4.69, 9.17) is 16.3 Å². The number of methoxy groups -OCH3 is 1. The van der Waals surface area contributed by atoms with E-state index in [1.807, 2.05) is 30.5 Å². The summed E-state index contributed by atoms with van der Waals surface area (Å²) in [5.74, 6) is -0.244. The van der Waals surface area contributed by atoms with Gasteiger partial charge in [-0.3, -0.25) is 9.36 Å². The second kappa shape index (κ2) is 9.67. The van der Waals surface area contributed by atoms with Crippen LogP contribution in [0.15, 0.2) is 61.3 Å². The molecule has 8 nitrogen and oxygen atoms in total. The van der Waals surface area contributed by atoms with Crippen LogP contribution in [0.5, 0.6) is 5.75 Å². The van der Waals surface area contributed by atoms with Gasteiger partial charge >= 0.3 is 0 Å². The van der Waals surface area contributed by atoms with E-state index >= 15 is 0 Å². The molecule has 0 amide bonds. The average Bonchev–Trinajstić information content (AvgIpc) is 3.46. The molecule has 0 aliphatic carbocycles. The summed E-state index contributed by atoms with van der Waals surface area (Å²) in [6, 6.07) is 11.0. The summed E-state index contributed by atoms with van der Waals surface area (Å²) in [5, 5.41) is 12.6. The molecule has 0 bridgehead atoms. The first-order valence-corrected chi connectivity index (χ1v) is 11.1. The van der Waals surface area contributed by atoms with Crippen molar-refractivity contribution in [2.24, 2.45) is 0 Å². The Morgan fingerprint density at radius 3 is 2.40 bits per heavy atom. The van der Waals surface area contributed by atoms with Gasteiger partial charge in [-0.1, -0.05) is 35.9 Å². The molecule has 0 unspecified atom stereocenters.